The Balaban J connectivity index is 1.65. The zero-order valence-corrected chi connectivity index (χ0v) is 18.6. The van der Waals surface area contributed by atoms with Crippen molar-refractivity contribution in [2.45, 2.75) is 83.5 Å². The van der Waals surface area contributed by atoms with Crippen molar-refractivity contribution in [2.24, 2.45) is 5.92 Å². The summed E-state index contributed by atoms with van der Waals surface area (Å²) in [5.41, 5.74) is 0.807. The Bertz CT molecular complexity index is 796. The Kier molecular flexibility index (Phi) is 5.94. The van der Waals surface area contributed by atoms with E-state index in [-0.39, 0.29) is 36.5 Å². The Labute approximate surface area is 179 Å². The van der Waals surface area contributed by atoms with Crippen molar-refractivity contribution in [3.05, 3.63) is 23.8 Å². The second-order valence-corrected chi connectivity index (χ2v) is 9.39. The monoisotopic (exact) mass is 414 g/mol. The van der Waals surface area contributed by atoms with Crippen LogP contribution < -0.4 is 9.47 Å². The van der Waals surface area contributed by atoms with Gasteiger partial charge in [-0.15, -0.1) is 0 Å². The van der Waals surface area contributed by atoms with Crippen molar-refractivity contribution in [1.29, 1.82) is 0 Å². The number of rotatable bonds is 6. The van der Waals surface area contributed by atoms with Gasteiger partial charge in [-0.1, -0.05) is 13.0 Å². The predicted octanol–water partition coefficient (Wildman–Crippen LogP) is 3.94. The number of methoxy groups -OCH3 is 1. The highest BCUT2D eigenvalue weighted by Crippen LogP contribution is 2.42. The summed E-state index contributed by atoms with van der Waals surface area (Å²) >= 11 is 0. The number of piperazine rings is 1. The van der Waals surface area contributed by atoms with Gasteiger partial charge in [0.15, 0.2) is 11.5 Å². The van der Waals surface area contributed by atoms with E-state index < -0.39 is 6.04 Å². The second kappa shape index (κ2) is 8.48. The Morgan fingerprint density at radius 1 is 0.967 bits per heavy atom. The molecule has 0 aromatic heterocycles. The van der Waals surface area contributed by atoms with E-state index in [0.29, 0.717) is 17.4 Å². The standard InChI is InChI=1S/C24H34N2O4/c1-15(2)30-20-12-7-17(13-21(20)29-4)23-24(28)25(18-8-5-16(3)6-9-18)14-22(27)26(23)19-10-11-19/h7,12-13,15-16,18-19,23H,5-6,8-11,14H2,1-4H3. The van der Waals surface area contributed by atoms with Gasteiger partial charge in [0.05, 0.1) is 13.2 Å². The van der Waals surface area contributed by atoms with Crippen molar-refractivity contribution < 1.29 is 19.1 Å². The fourth-order valence-corrected chi connectivity index (χ4v) is 4.86. The molecular formula is C24H34N2O4. The summed E-state index contributed by atoms with van der Waals surface area (Å²) in [5, 5.41) is 0. The number of nitrogens with zero attached hydrogens (tertiary/aromatic N) is 2. The summed E-state index contributed by atoms with van der Waals surface area (Å²) in [4.78, 5) is 30.6. The lowest BCUT2D eigenvalue weighted by molar-refractivity contribution is -0.160. The van der Waals surface area contributed by atoms with E-state index in [2.05, 4.69) is 6.92 Å². The van der Waals surface area contributed by atoms with Crippen molar-refractivity contribution in [3.63, 3.8) is 0 Å². The first kappa shape index (κ1) is 21.0. The van der Waals surface area contributed by atoms with E-state index in [1.54, 1.807) is 7.11 Å². The largest absolute Gasteiger partial charge is 0.493 e. The molecule has 2 aliphatic carbocycles. The number of amides is 2. The summed E-state index contributed by atoms with van der Waals surface area (Å²) in [5.74, 6) is 2.08. The molecule has 6 nitrogen and oxygen atoms in total. The molecule has 4 rings (SSSR count). The molecule has 0 N–H and O–H groups in total. The molecule has 3 fully saturated rings. The van der Waals surface area contributed by atoms with Crippen LogP contribution in [0.25, 0.3) is 0 Å². The first-order valence-electron chi connectivity index (χ1n) is 11.3. The number of hydrogen-bond donors (Lipinski definition) is 0. The van der Waals surface area contributed by atoms with Gasteiger partial charge in [0.25, 0.3) is 5.91 Å². The first-order chi connectivity index (χ1) is 14.4. The molecule has 0 spiro atoms. The Hall–Kier alpha value is -2.24. The van der Waals surface area contributed by atoms with Crippen molar-refractivity contribution in [2.75, 3.05) is 13.7 Å². The van der Waals surface area contributed by atoms with Crippen molar-refractivity contribution in [3.8, 4) is 11.5 Å². The molecule has 2 amide bonds. The van der Waals surface area contributed by atoms with Crippen LogP contribution >= 0.6 is 0 Å². The number of benzene rings is 1. The van der Waals surface area contributed by atoms with Gasteiger partial charge in [0.2, 0.25) is 5.91 Å². The van der Waals surface area contributed by atoms with Gasteiger partial charge in [0, 0.05) is 12.1 Å². The van der Waals surface area contributed by atoms with Gasteiger partial charge in [-0.2, -0.15) is 0 Å². The molecule has 6 heteroatoms. The summed E-state index contributed by atoms with van der Waals surface area (Å²) in [6.07, 6.45) is 6.18. The average molecular weight is 415 g/mol. The lowest BCUT2D eigenvalue weighted by Gasteiger charge is -2.45. The van der Waals surface area contributed by atoms with E-state index in [9.17, 15) is 9.59 Å². The molecule has 3 aliphatic rings. The van der Waals surface area contributed by atoms with Crippen LogP contribution in [0.5, 0.6) is 11.5 Å². The first-order valence-corrected chi connectivity index (χ1v) is 11.3. The molecule has 30 heavy (non-hydrogen) atoms. The van der Waals surface area contributed by atoms with Crippen molar-refractivity contribution in [1.82, 2.24) is 9.80 Å². The highest BCUT2D eigenvalue weighted by atomic mass is 16.5. The highest BCUT2D eigenvalue weighted by Gasteiger charge is 2.48. The summed E-state index contributed by atoms with van der Waals surface area (Å²) in [6, 6.07) is 5.43. The maximum Gasteiger partial charge on any atom is 0.250 e. The van der Waals surface area contributed by atoms with Crippen LogP contribution in [0.1, 0.15) is 70.9 Å². The van der Waals surface area contributed by atoms with E-state index in [1.807, 2.05) is 41.8 Å². The predicted molar refractivity (Wildman–Crippen MR) is 115 cm³/mol. The molecule has 1 aliphatic heterocycles. The van der Waals surface area contributed by atoms with Gasteiger partial charge in [0.1, 0.15) is 12.6 Å². The van der Waals surface area contributed by atoms with Crippen LogP contribution in [-0.2, 0) is 9.59 Å². The molecule has 1 unspecified atom stereocenters. The molecule has 0 bridgehead atoms. The molecule has 2 saturated carbocycles. The minimum Gasteiger partial charge on any atom is -0.493 e. The van der Waals surface area contributed by atoms with Gasteiger partial charge in [-0.25, -0.2) is 0 Å². The van der Waals surface area contributed by atoms with E-state index >= 15 is 0 Å². The lowest BCUT2D eigenvalue weighted by Crippen LogP contribution is -2.59. The average Bonchev–Trinajstić information content (AvgIpc) is 3.55. The summed E-state index contributed by atoms with van der Waals surface area (Å²) in [7, 11) is 1.61. The van der Waals surface area contributed by atoms with Gasteiger partial charge < -0.3 is 19.3 Å². The second-order valence-electron chi connectivity index (χ2n) is 9.39. The minimum absolute atomic E-state index is 0.0230. The fraction of sp³-hybridized carbons (Fsp3) is 0.667. The zero-order valence-electron chi connectivity index (χ0n) is 18.6. The topological polar surface area (TPSA) is 59.1 Å². The number of ether oxygens (including phenoxy) is 2. The maximum atomic E-state index is 13.7. The van der Waals surface area contributed by atoms with Crippen LogP contribution in [0.3, 0.4) is 0 Å². The quantitative estimate of drug-likeness (QED) is 0.708. The fourth-order valence-electron chi connectivity index (χ4n) is 4.86. The molecule has 1 saturated heterocycles. The third-order valence-electron chi connectivity index (χ3n) is 6.62. The summed E-state index contributed by atoms with van der Waals surface area (Å²) < 4.78 is 11.4. The van der Waals surface area contributed by atoms with Gasteiger partial charge in [-0.3, -0.25) is 9.59 Å². The SMILES string of the molecule is COc1cc(C2C(=O)N(C3CCC(C)CC3)CC(=O)N2C2CC2)ccc1OC(C)C. The van der Waals surface area contributed by atoms with Crippen LogP contribution in [-0.4, -0.2) is 53.5 Å². The number of carbonyl (C=O) groups excluding carboxylic acids is 2. The van der Waals surface area contributed by atoms with Crippen molar-refractivity contribution >= 4 is 11.8 Å². The zero-order chi connectivity index (χ0) is 21.4. The Morgan fingerprint density at radius 2 is 1.63 bits per heavy atom. The van der Waals surface area contributed by atoms with Crippen LogP contribution in [0.2, 0.25) is 0 Å². The molecule has 1 aromatic carbocycles. The molecule has 1 atom stereocenters. The third-order valence-corrected chi connectivity index (χ3v) is 6.62. The normalized spacial score (nSPS) is 27.6. The Morgan fingerprint density at radius 3 is 2.23 bits per heavy atom. The lowest BCUT2D eigenvalue weighted by atomic mass is 9.85. The molecular weight excluding hydrogens is 380 g/mol. The van der Waals surface area contributed by atoms with Crippen LogP contribution in [0.15, 0.2) is 18.2 Å². The van der Waals surface area contributed by atoms with Crippen LogP contribution in [0.4, 0.5) is 0 Å². The maximum absolute atomic E-state index is 13.7. The van der Waals surface area contributed by atoms with Crippen LogP contribution in [0, 0.1) is 5.92 Å². The minimum atomic E-state index is -0.569. The number of carbonyl (C=O) groups is 2. The van der Waals surface area contributed by atoms with Gasteiger partial charge in [-0.05, 0) is 76.0 Å². The molecule has 1 heterocycles. The van der Waals surface area contributed by atoms with E-state index in [0.717, 1.165) is 44.1 Å². The molecule has 0 radical (unpaired) electrons. The van der Waals surface area contributed by atoms with E-state index in [4.69, 9.17) is 9.47 Å². The molecule has 1 aromatic rings. The molecule has 164 valence electrons. The van der Waals surface area contributed by atoms with E-state index in [1.165, 1.54) is 0 Å². The third kappa shape index (κ3) is 4.14. The van der Waals surface area contributed by atoms with Gasteiger partial charge >= 0.3 is 0 Å². The smallest absolute Gasteiger partial charge is 0.250 e. The highest BCUT2D eigenvalue weighted by molar-refractivity contribution is 5.96. The summed E-state index contributed by atoms with van der Waals surface area (Å²) in [6.45, 7) is 6.42. The number of hydrogen-bond acceptors (Lipinski definition) is 4.